The molecular formula is C14H22BrN3OS. The molecule has 1 saturated heterocycles. The van der Waals surface area contributed by atoms with E-state index in [0.29, 0.717) is 0 Å². The number of aromatic nitrogens is 1. The van der Waals surface area contributed by atoms with E-state index in [9.17, 15) is 4.79 Å². The molecule has 1 aliphatic heterocycles. The van der Waals surface area contributed by atoms with Crippen molar-refractivity contribution in [1.29, 1.82) is 0 Å². The lowest BCUT2D eigenvalue weighted by Crippen LogP contribution is -2.39. The minimum Gasteiger partial charge on any atom is -0.349 e. The maximum Gasteiger partial charge on any atom is 0.267 e. The molecule has 1 N–H and O–H groups in total. The van der Waals surface area contributed by atoms with Crippen LogP contribution in [0.4, 0.5) is 0 Å². The summed E-state index contributed by atoms with van der Waals surface area (Å²) in [6, 6.07) is 1.89. The third kappa shape index (κ3) is 4.53. The quantitative estimate of drug-likeness (QED) is 0.847. The molecule has 112 valence electrons. The Morgan fingerprint density at radius 1 is 1.40 bits per heavy atom. The van der Waals surface area contributed by atoms with E-state index in [1.54, 1.807) is 0 Å². The van der Waals surface area contributed by atoms with Gasteiger partial charge in [0.2, 0.25) is 0 Å². The lowest BCUT2D eigenvalue weighted by Gasteiger charge is -2.26. The number of amides is 1. The van der Waals surface area contributed by atoms with Crippen LogP contribution in [0.5, 0.6) is 0 Å². The highest BCUT2D eigenvalue weighted by atomic mass is 79.9. The van der Waals surface area contributed by atoms with E-state index in [4.69, 9.17) is 0 Å². The van der Waals surface area contributed by atoms with E-state index in [0.717, 1.165) is 49.3 Å². The van der Waals surface area contributed by atoms with E-state index in [1.165, 1.54) is 11.5 Å². The third-order valence-electron chi connectivity index (χ3n) is 3.38. The van der Waals surface area contributed by atoms with Gasteiger partial charge in [-0.2, -0.15) is 11.8 Å². The Bertz CT molecular complexity index is 444. The second-order valence-electron chi connectivity index (χ2n) is 4.95. The fourth-order valence-corrected chi connectivity index (χ4v) is 3.78. The highest BCUT2D eigenvalue weighted by Gasteiger charge is 2.14. The third-order valence-corrected chi connectivity index (χ3v) is 4.75. The highest BCUT2D eigenvalue weighted by Crippen LogP contribution is 2.15. The van der Waals surface area contributed by atoms with Crippen molar-refractivity contribution < 1.29 is 4.79 Å². The lowest BCUT2D eigenvalue weighted by atomic mass is 10.3. The first-order valence-corrected chi connectivity index (χ1v) is 9.09. The average molecular weight is 360 g/mol. The SMILES string of the molecule is CCCn1cc(Br)cc1C(=O)NCCN1CCSCC1. The van der Waals surface area contributed by atoms with Crippen molar-refractivity contribution in [2.45, 2.75) is 19.9 Å². The second kappa shape index (κ2) is 8.10. The molecule has 0 radical (unpaired) electrons. The summed E-state index contributed by atoms with van der Waals surface area (Å²) < 4.78 is 2.97. The Labute approximate surface area is 133 Å². The standard InChI is InChI=1S/C14H22BrN3OS/c1-2-4-18-11-12(15)10-13(18)14(19)16-3-5-17-6-8-20-9-7-17/h10-11H,2-9H2,1H3,(H,16,19). The topological polar surface area (TPSA) is 37.3 Å². The molecule has 0 aromatic carbocycles. The summed E-state index contributed by atoms with van der Waals surface area (Å²) in [5, 5.41) is 3.03. The predicted molar refractivity (Wildman–Crippen MR) is 88.5 cm³/mol. The maximum absolute atomic E-state index is 12.2. The van der Waals surface area contributed by atoms with Crippen LogP contribution in [-0.4, -0.2) is 53.1 Å². The zero-order valence-corrected chi connectivity index (χ0v) is 14.3. The molecule has 2 rings (SSSR count). The van der Waals surface area contributed by atoms with Gasteiger partial charge in [-0.15, -0.1) is 0 Å². The number of hydrogen-bond acceptors (Lipinski definition) is 3. The number of thioether (sulfide) groups is 1. The summed E-state index contributed by atoms with van der Waals surface area (Å²) in [4.78, 5) is 14.6. The summed E-state index contributed by atoms with van der Waals surface area (Å²) in [6.45, 7) is 6.93. The molecule has 6 heteroatoms. The first-order chi connectivity index (χ1) is 9.70. The molecule has 0 spiro atoms. The van der Waals surface area contributed by atoms with E-state index in [1.807, 2.05) is 28.6 Å². The summed E-state index contributed by atoms with van der Waals surface area (Å²) in [7, 11) is 0. The fourth-order valence-electron chi connectivity index (χ4n) is 2.33. The molecule has 20 heavy (non-hydrogen) atoms. The zero-order chi connectivity index (χ0) is 14.4. The van der Waals surface area contributed by atoms with Gasteiger partial charge < -0.3 is 9.88 Å². The van der Waals surface area contributed by atoms with E-state index < -0.39 is 0 Å². The van der Waals surface area contributed by atoms with Crippen molar-refractivity contribution in [3.63, 3.8) is 0 Å². The van der Waals surface area contributed by atoms with Crippen molar-refractivity contribution in [3.8, 4) is 0 Å². The van der Waals surface area contributed by atoms with Crippen molar-refractivity contribution in [3.05, 3.63) is 22.4 Å². The molecule has 1 amide bonds. The number of nitrogens with one attached hydrogen (secondary N) is 1. The molecule has 0 aliphatic carbocycles. The zero-order valence-electron chi connectivity index (χ0n) is 11.9. The summed E-state index contributed by atoms with van der Waals surface area (Å²) >= 11 is 5.45. The second-order valence-corrected chi connectivity index (χ2v) is 7.09. The largest absolute Gasteiger partial charge is 0.349 e. The molecule has 2 heterocycles. The van der Waals surface area contributed by atoms with Gasteiger partial charge in [-0.25, -0.2) is 0 Å². The molecular weight excluding hydrogens is 338 g/mol. The number of rotatable bonds is 6. The average Bonchev–Trinajstić information content (AvgIpc) is 2.81. The Hall–Kier alpha value is -0.460. The van der Waals surface area contributed by atoms with Gasteiger partial charge in [-0.3, -0.25) is 9.69 Å². The molecule has 1 aliphatic rings. The van der Waals surface area contributed by atoms with Crippen LogP contribution in [-0.2, 0) is 6.54 Å². The number of hydrogen-bond donors (Lipinski definition) is 1. The Morgan fingerprint density at radius 2 is 2.15 bits per heavy atom. The number of carbonyl (C=O) groups excluding carboxylic acids is 1. The Morgan fingerprint density at radius 3 is 2.85 bits per heavy atom. The van der Waals surface area contributed by atoms with Crippen LogP contribution in [0.3, 0.4) is 0 Å². The van der Waals surface area contributed by atoms with Gasteiger partial charge in [0.05, 0.1) is 0 Å². The van der Waals surface area contributed by atoms with Crippen LogP contribution in [0.25, 0.3) is 0 Å². The van der Waals surface area contributed by atoms with Crippen molar-refractivity contribution in [1.82, 2.24) is 14.8 Å². The molecule has 4 nitrogen and oxygen atoms in total. The van der Waals surface area contributed by atoms with Gasteiger partial charge in [0.25, 0.3) is 5.91 Å². The molecule has 0 bridgehead atoms. The molecule has 1 fully saturated rings. The first kappa shape index (κ1) is 15.9. The van der Waals surface area contributed by atoms with Crippen LogP contribution in [0.2, 0.25) is 0 Å². The number of nitrogens with zero attached hydrogens (tertiary/aromatic N) is 2. The van der Waals surface area contributed by atoms with Gasteiger partial charge in [0.15, 0.2) is 0 Å². The van der Waals surface area contributed by atoms with Crippen molar-refractivity contribution in [2.75, 3.05) is 37.7 Å². The molecule has 1 aromatic rings. The van der Waals surface area contributed by atoms with Crippen LogP contribution in [0.1, 0.15) is 23.8 Å². The number of carbonyl (C=O) groups is 1. The van der Waals surface area contributed by atoms with Gasteiger partial charge in [-0.1, -0.05) is 6.92 Å². The maximum atomic E-state index is 12.2. The normalized spacial score (nSPS) is 16.3. The minimum atomic E-state index is 0.0236. The molecule has 0 unspecified atom stereocenters. The van der Waals surface area contributed by atoms with Gasteiger partial charge >= 0.3 is 0 Å². The highest BCUT2D eigenvalue weighted by molar-refractivity contribution is 9.10. The number of halogens is 1. The fraction of sp³-hybridized carbons (Fsp3) is 0.643. The monoisotopic (exact) mass is 359 g/mol. The van der Waals surface area contributed by atoms with E-state index >= 15 is 0 Å². The van der Waals surface area contributed by atoms with Gasteiger partial charge in [0.1, 0.15) is 5.69 Å². The summed E-state index contributed by atoms with van der Waals surface area (Å²) in [6.07, 6.45) is 2.99. The minimum absolute atomic E-state index is 0.0236. The van der Waals surface area contributed by atoms with E-state index in [-0.39, 0.29) is 5.91 Å². The first-order valence-electron chi connectivity index (χ1n) is 7.14. The van der Waals surface area contributed by atoms with Gasteiger partial charge in [-0.05, 0) is 28.4 Å². The van der Waals surface area contributed by atoms with Crippen LogP contribution >= 0.6 is 27.7 Å². The van der Waals surface area contributed by atoms with Crippen LogP contribution in [0, 0.1) is 0 Å². The molecule has 0 saturated carbocycles. The van der Waals surface area contributed by atoms with E-state index in [2.05, 4.69) is 33.1 Å². The summed E-state index contributed by atoms with van der Waals surface area (Å²) in [5.41, 5.74) is 0.743. The summed E-state index contributed by atoms with van der Waals surface area (Å²) in [5.74, 6) is 2.44. The van der Waals surface area contributed by atoms with Gasteiger partial charge in [0, 0.05) is 54.9 Å². The van der Waals surface area contributed by atoms with Crippen LogP contribution in [0.15, 0.2) is 16.7 Å². The predicted octanol–water partition coefficient (Wildman–Crippen LogP) is 2.44. The Kier molecular flexibility index (Phi) is 6.45. The number of aryl methyl sites for hydroxylation is 1. The van der Waals surface area contributed by atoms with Crippen molar-refractivity contribution >= 4 is 33.6 Å². The smallest absolute Gasteiger partial charge is 0.267 e. The molecule has 1 aromatic heterocycles. The van der Waals surface area contributed by atoms with Crippen LogP contribution < -0.4 is 5.32 Å². The van der Waals surface area contributed by atoms with Crippen molar-refractivity contribution in [2.24, 2.45) is 0 Å². The molecule has 0 atom stereocenters. The lowest BCUT2D eigenvalue weighted by molar-refractivity contribution is 0.0939. The Balaban J connectivity index is 1.81.